The van der Waals surface area contributed by atoms with Gasteiger partial charge in [0.1, 0.15) is 11.6 Å². The Bertz CT molecular complexity index is 256. The topological polar surface area (TPSA) is 34.1 Å². The van der Waals surface area contributed by atoms with Crippen molar-refractivity contribution in [3.63, 3.8) is 0 Å². The van der Waals surface area contributed by atoms with Gasteiger partial charge in [-0.25, -0.2) is 0 Å². The molecular weight excluding hydrogens is 200 g/mol. The fraction of sp³-hybridized carbons (Fsp3) is 0.857. The molecule has 0 saturated carbocycles. The van der Waals surface area contributed by atoms with E-state index < -0.39 is 0 Å². The largest absolute Gasteiger partial charge is 0.299 e. The molecule has 0 aromatic carbocycles. The quantitative estimate of drug-likeness (QED) is 0.719. The summed E-state index contributed by atoms with van der Waals surface area (Å²) < 4.78 is 0. The van der Waals surface area contributed by atoms with E-state index >= 15 is 0 Å². The fourth-order valence-corrected chi connectivity index (χ4v) is 1.64. The van der Waals surface area contributed by atoms with E-state index in [1.165, 1.54) is 0 Å². The summed E-state index contributed by atoms with van der Waals surface area (Å²) in [6, 6.07) is 0. The van der Waals surface area contributed by atoms with Gasteiger partial charge in [0.25, 0.3) is 0 Å². The Morgan fingerprint density at radius 1 is 1.00 bits per heavy atom. The minimum Gasteiger partial charge on any atom is -0.299 e. The molecule has 0 amide bonds. The molecule has 0 radical (unpaired) electrons. The zero-order valence-corrected chi connectivity index (χ0v) is 11.8. The van der Waals surface area contributed by atoms with Crippen LogP contribution in [-0.4, -0.2) is 11.6 Å². The number of hydrogen-bond donors (Lipinski definition) is 0. The van der Waals surface area contributed by atoms with Gasteiger partial charge in [0.2, 0.25) is 0 Å². The molecule has 16 heavy (non-hydrogen) atoms. The number of carbonyl (C=O) groups is 2. The van der Waals surface area contributed by atoms with Gasteiger partial charge in [0.05, 0.1) is 0 Å². The molecule has 0 heterocycles. The summed E-state index contributed by atoms with van der Waals surface area (Å²) in [6.07, 6.45) is 0.394. The SMILES string of the molecule is CC(C)C(=O)CC(C(=O)C(C)(C)C)C(C)C. The second kappa shape index (κ2) is 5.60. The normalized spacial score (nSPS) is 14.3. The van der Waals surface area contributed by atoms with Crippen LogP contribution in [0.15, 0.2) is 0 Å². The number of ketones is 2. The predicted molar refractivity (Wildman–Crippen MR) is 67.3 cm³/mol. The maximum absolute atomic E-state index is 12.2. The van der Waals surface area contributed by atoms with E-state index in [0.717, 1.165) is 0 Å². The molecule has 0 aliphatic rings. The van der Waals surface area contributed by atoms with Gasteiger partial charge in [0, 0.05) is 23.7 Å². The van der Waals surface area contributed by atoms with E-state index in [0.29, 0.717) is 6.42 Å². The molecule has 0 aromatic rings. The average molecular weight is 226 g/mol. The Hall–Kier alpha value is -0.660. The molecule has 0 N–H and O–H groups in total. The number of carbonyl (C=O) groups excluding carboxylic acids is 2. The van der Waals surface area contributed by atoms with Gasteiger partial charge in [-0.3, -0.25) is 9.59 Å². The zero-order valence-electron chi connectivity index (χ0n) is 11.8. The molecule has 2 heteroatoms. The van der Waals surface area contributed by atoms with Gasteiger partial charge in [0.15, 0.2) is 0 Å². The summed E-state index contributed by atoms with van der Waals surface area (Å²) in [5, 5.41) is 0. The molecule has 0 rings (SSSR count). The highest BCUT2D eigenvalue weighted by Crippen LogP contribution is 2.28. The minimum absolute atomic E-state index is 0.0222. The van der Waals surface area contributed by atoms with Gasteiger partial charge in [-0.1, -0.05) is 48.5 Å². The van der Waals surface area contributed by atoms with Crippen molar-refractivity contribution in [2.75, 3.05) is 0 Å². The van der Waals surface area contributed by atoms with Crippen molar-refractivity contribution in [1.82, 2.24) is 0 Å². The second-order valence-corrected chi connectivity index (χ2v) is 6.29. The van der Waals surface area contributed by atoms with Gasteiger partial charge in [-0.15, -0.1) is 0 Å². The van der Waals surface area contributed by atoms with Crippen LogP contribution in [0.2, 0.25) is 0 Å². The molecule has 0 aromatic heterocycles. The average Bonchev–Trinajstić information content (AvgIpc) is 2.10. The van der Waals surface area contributed by atoms with Crippen molar-refractivity contribution < 1.29 is 9.59 Å². The van der Waals surface area contributed by atoms with Crippen LogP contribution < -0.4 is 0 Å². The third kappa shape index (κ3) is 4.46. The van der Waals surface area contributed by atoms with Gasteiger partial charge in [-0.05, 0) is 5.92 Å². The molecule has 0 aliphatic carbocycles. The summed E-state index contributed by atoms with van der Waals surface area (Å²) in [4.78, 5) is 23.9. The van der Waals surface area contributed by atoms with Crippen molar-refractivity contribution in [3.8, 4) is 0 Å². The first-order valence-corrected chi connectivity index (χ1v) is 6.14. The highest BCUT2D eigenvalue weighted by Gasteiger charge is 2.33. The summed E-state index contributed by atoms with van der Waals surface area (Å²) >= 11 is 0. The third-order valence-electron chi connectivity index (χ3n) is 2.95. The van der Waals surface area contributed by atoms with Crippen LogP contribution >= 0.6 is 0 Å². The zero-order chi connectivity index (χ0) is 13.1. The van der Waals surface area contributed by atoms with E-state index in [1.807, 2.05) is 48.5 Å². The smallest absolute Gasteiger partial charge is 0.141 e. The molecule has 2 nitrogen and oxygen atoms in total. The van der Waals surface area contributed by atoms with Crippen molar-refractivity contribution in [2.45, 2.75) is 54.9 Å². The summed E-state index contributed by atoms with van der Waals surface area (Å²) in [5.41, 5.74) is -0.355. The van der Waals surface area contributed by atoms with Crippen LogP contribution in [0.4, 0.5) is 0 Å². The van der Waals surface area contributed by atoms with Crippen LogP contribution in [0.25, 0.3) is 0 Å². The Kier molecular flexibility index (Phi) is 5.37. The minimum atomic E-state index is -0.355. The molecule has 94 valence electrons. The highest BCUT2D eigenvalue weighted by atomic mass is 16.1. The summed E-state index contributed by atoms with van der Waals surface area (Å²) in [7, 11) is 0. The molecular formula is C14H26O2. The lowest BCUT2D eigenvalue weighted by Crippen LogP contribution is -2.33. The molecule has 0 fully saturated rings. The lowest BCUT2D eigenvalue weighted by atomic mass is 9.75. The Morgan fingerprint density at radius 3 is 1.69 bits per heavy atom. The van der Waals surface area contributed by atoms with E-state index in [1.54, 1.807) is 0 Å². The van der Waals surface area contributed by atoms with Crippen LogP contribution in [0.3, 0.4) is 0 Å². The van der Waals surface area contributed by atoms with Gasteiger partial charge < -0.3 is 0 Å². The highest BCUT2D eigenvalue weighted by molar-refractivity contribution is 5.91. The van der Waals surface area contributed by atoms with E-state index in [9.17, 15) is 9.59 Å². The molecule has 1 atom stereocenters. The summed E-state index contributed by atoms with van der Waals surface area (Å²) in [5.74, 6) is 0.520. The first kappa shape index (κ1) is 15.3. The van der Waals surface area contributed by atoms with Crippen LogP contribution in [-0.2, 0) is 9.59 Å². The lowest BCUT2D eigenvalue weighted by Gasteiger charge is -2.27. The fourth-order valence-electron chi connectivity index (χ4n) is 1.64. The van der Waals surface area contributed by atoms with Crippen molar-refractivity contribution in [3.05, 3.63) is 0 Å². The van der Waals surface area contributed by atoms with Crippen molar-refractivity contribution >= 4 is 11.6 Å². The Labute approximate surface area is 99.8 Å². The molecule has 0 spiro atoms. The molecule has 1 unspecified atom stereocenters. The van der Waals surface area contributed by atoms with E-state index in [2.05, 4.69) is 0 Å². The molecule has 0 aliphatic heterocycles. The standard InChI is InChI=1S/C14H26O2/c1-9(2)11(8-12(15)10(3)4)13(16)14(5,6)7/h9-11H,8H2,1-7H3. The second-order valence-electron chi connectivity index (χ2n) is 6.29. The maximum atomic E-state index is 12.2. The predicted octanol–water partition coefficient (Wildman–Crippen LogP) is 3.49. The Balaban J connectivity index is 4.77. The van der Waals surface area contributed by atoms with Gasteiger partial charge in [-0.2, -0.15) is 0 Å². The molecule has 0 saturated heterocycles. The van der Waals surface area contributed by atoms with E-state index in [-0.39, 0.29) is 34.7 Å². The van der Waals surface area contributed by atoms with Crippen LogP contribution in [0, 0.1) is 23.2 Å². The third-order valence-corrected chi connectivity index (χ3v) is 2.95. The first-order chi connectivity index (χ1) is 7.07. The number of hydrogen-bond acceptors (Lipinski definition) is 2. The molecule has 0 bridgehead atoms. The van der Waals surface area contributed by atoms with Gasteiger partial charge >= 0.3 is 0 Å². The Morgan fingerprint density at radius 2 is 1.44 bits per heavy atom. The number of rotatable bonds is 5. The van der Waals surface area contributed by atoms with Crippen molar-refractivity contribution in [2.24, 2.45) is 23.2 Å². The first-order valence-electron chi connectivity index (χ1n) is 6.14. The van der Waals surface area contributed by atoms with E-state index in [4.69, 9.17) is 0 Å². The van der Waals surface area contributed by atoms with Crippen LogP contribution in [0.1, 0.15) is 54.9 Å². The van der Waals surface area contributed by atoms with Crippen LogP contribution in [0.5, 0.6) is 0 Å². The number of Topliss-reactive ketones (excluding diaryl/α,β-unsaturated/α-hetero) is 2. The monoisotopic (exact) mass is 226 g/mol. The maximum Gasteiger partial charge on any atom is 0.141 e. The lowest BCUT2D eigenvalue weighted by molar-refractivity contribution is -0.135. The van der Waals surface area contributed by atoms with Crippen molar-refractivity contribution in [1.29, 1.82) is 0 Å². The summed E-state index contributed by atoms with van der Waals surface area (Å²) in [6.45, 7) is 13.6.